The molecule has 0 fully saturated rings. The number of benzene rings is 3. The number of aromatic nitrogens is 3. The highest BCUT2D eigenvalue weighted by Gasteiger charge is 2.21. The van der Waals surface area contributed by atoms with Crippen LogP contribution in [0, 0.1) is 0 Å². The minimum atomic E-state index is -1.00. The van der Waals surface area contributed by atoms with Crippen molar-refractivity contribution in [1.29, 1.82) is 0 Å². The fourth-order valence-corrected chi connectivity index (χ4v) is 4.43. The lowest BCUT2D eigenvalue weighted by Gasteiger charge is -2.12. The van der Waals surface area contributed by atoms with Gasteiger partial charge in [-0.1, -0.05) is 58.4 Å². The zero-order valence-electron chi connectivity index (χ0n) is 18.5. The summed E-state index contributed by atoms with van der Waals surface area (Å²) in [4.78, 5) is 37.5. The van der Waals surface area contributed by atoms with Crippen molar-refractivity contribution < 1.29 is 14.3 Å². The van der Waals surface area contributed by atoms with Crippen molar-refractivity contribution in [3.05, 3.63) is 88.2 Å². The maximum atomic E-state index is 12.7. The van der Waals surface area contributed by atoms with E-state index in [1.165, 1.54) is 18.3 Å². The number of imidazole rings is 1. The standard InChI is InChI=1S/C26H19BrN4O3S/c1-15(24(32)31-26-30-22(14-35-26)16-7-10-19(27)11-8-16)34-25(33)18-9-12-20-21(13-18)29-23(28-20)17-5-3-2-4-6-17/h2-15H,1H3,(H,28,29)(H,30,31,32). The van der Waals surface area contributed by atoms with Gasteiger partial charge in [0, 0.05) is 21.0 Å². The number of amides is 1. The molecule has 1 unspecified atom stereocenters. The second-order valence-corrected chi connectivity index (χ2v) is 9.54. The second kappa shape index (κ2) is 9.81. The summed E-state index contributed by atoms with van der Waals surface area (Å²) in [7, 11) is 0. The molecule has 0 aliphatic heterocycles. The molecule has 9 heteroatoms. The monoisotopic (exact) mass is 546 g/mol. The van der Waals surface area contributed by atoms with Crippen LogP contribution in [0.2, 0.25) is 0 Å². The van der Waals surface area contributed by atoms with Gasteiger partial charge in [-0.15, -0.1) is 11.3 Å². The Morgan fingerprint density at radius 1 is 1.00 bits per heavy atom. The van der Waals surface area contributed by atoms with Gasteiger partial charge in [-0.05, 0) is 37.3 Å². The van der Waals surface area contributed by atoms with E-state index in [0.29, 0.717) is 22.0 Å². The maximum absolute atomic E-state index is 12.7. The van der Waals surface area contributed by atoms with E-state index < -0.39 is 18.0 Å². The predicted molar refractivity (Wildman–Crippen MR) is 140 cm³/mol. The van der Waals surface area contributed by atoms with Gasteiger partial charge in [0.1, 0.15) is 5.82 Å². The van der Waals surface area contributed by atoms with Crippen molar-refractivity contribution in [2.45, 2.75) is 13.0 Å². The van der Waals surface area contributed by atoms with Gasteiger partial charge in [0.25, 0.3) is 5.91 Å². The molecule has 5 rings (SSSR count). The molecule has 0 spiro atoms. The summed E-state index contributed by atoms with van der Waals surface area (Å²) in [5, 5.41) is 5.01. The Morgan fingerprint density at radius 2 is 1.77 bits per heavy atom. The molecule has 0 aliphatic rings. The van der Waals surface area contributed by atoms with Crippen molar-refractivity contribution in [2.24, 2.45) is 0 Å². The van der Waals surface area contributed by atoms with E-state index in [9.17, 15) is 9.59 Å². The average Bonchev–Trinajstić information content (AvgIpc) is 3.51. The summed E-state index contributed by atoms with van der Waals surface area (Å²) in [5.41, 5.74) is 4.41. The molecule has 0 saturated heterocycles. The van der Waals surface area contributed by atoms with Crippen molar-refractivity contribution in [3.8, 4) is 22.6 Å². The predicted octanol–water partition coefficient (Wildman–Crippen LogP) is 6.30. The van der Waals surface area contributed by atoms with Crippen LogP contribution in [0.5, 0.6) is 0 Å². The van der Waals surface area contributed by atoms with E-state index in [4.69, 9.17) is 4.74 Å². The summed E-state index contributed by atoms with van der Waals surface area (Å²) < 4.78 is 6.38. The lowest BCUT2D eigenvalue weighted by atomic mass is 10.2. The van der Waals surface area contributed by atoms with Crippen LogP contribution in [-0.2, 0) is 9.53 Å². The van der Waals surface area contributed by atoms with E-state index in [1.807, 2.05) is 60.0 Å². The van der Waals surface area contributed by atoms with Crippen molar-refractivity contribution >= 4 is 55.3 Å². The number of carbonyl (C=O) groups excluding carboxylic acids is 2. The van der Waals surface area contributed by atoms with Crippen molar-refractivity contribution in [3.63, 3.8) is 0 Å². The minimum absolute atomic E-state index is 0.326. The van der Waals surface area contributed by atoms with Crippen LogP contribution in [0.15, 0.2) is 82.6 Å². The molecule has 7 nitrogen and oxygen atoms in total. The third-order valence-corrected chi connectivity index (χ3v) is 6.58. The number of rotatable bonds is 6. The number of fused-ring (bicyclic) bond motifs is 1. The SMILES string of the molecule is CC(OC(=O)c1ccc2nc(-c3ccccc3)[nH]c2c1)C(=O)Nc1nc(-c2ccc(Br)cc2)cs1. The summed E-state index contributed by atoms with van der Waals surface area (Å²) in [6, 6.07) is 22.5. The fourth-order valence-electron chi connectivity index (χ4n) is 3.44. The number of ether oxygens (including phenoxy) is 1. The number of carbonyl (C=O) groups is 2. The Labute approximate surface area is 213 Å². The van der Waals surface area contributed by atoms with Crippen molar-refractivity contribution in [1.82, 2.24) is 15.0 Å². The number of H-pyrrole nitrogens is 1. The fraction of sp³-hybridized carbons (Fsp3) is 0.0769. The van der Waals surface area contributed by atoms with Gasteiger partial charge in [0.2, 0.25) is 0 Å². The number of halogens is 1. The molecule has 2 aromatic heterocycles. The van der Waals surface area contributed by atoms with Gasteiger partial charge in [0.15, 0.2) is 11.2 Å². The van der Waals surface area contributed by atoms with E-state index in [1.54, 1.807) is 18.2 Å². The molecular formula is C26H19BrN4O3S. The van der Waals surface area contributed by atoms with Crippen LogP contribution < -0.4 is 5.32 Å². The number of hydrogen-bond donors (Lipinski definition) is 2. The third kappa shape index (κ3) is 5.16. The highest BCUT2D eigenvalue weighted by Crippen LogP contribution is 2.26. The van der Waals surface area contributed by atoms with Gasteiger partial charge >= 0.3 is 5.97 Å². The van der Waals surface area contributed by atoms with E-state index in [0.717, 1.165) is 26.8 Å². The highest BCUT2D eigenvalue weighted by molar-refractivity contribution is 9.10. The average molecular weight is 547 g/mol. The van der Waals surface area contributed by atoms with Gasteiger partial charge in [-0.25, -0.2) is 14.8 Å². The Morgan fingerprint density at radius 3 is 2.54 bits per heavy atom. The van der Waals surface area contributed by atoms with Gasteiger partial charge < -0.3 is 9.72 Å². The number of nitrogens with zero attached hydrogens (tertiary/aromatic N) is 2. The zero-order chi connectivity index (χ0) is 24.4. The molecule has 1 atom stereocenters. The molecule has 2 heterocycles. The quantitative estimate of drug-likeness (QED) is 0.243. The van der Waals surface area contributed by atoms with Crippen LogP contribution in [0.1, 0.15) is 17.3 Å². The Balaban J connectivity index is 1.24. The van der Waals surface area contributed by atoms with Crippen LogP contribution in [0.25, 0.3) is 33.7 Å². The minimum Gasteiger partial charge on any atom is -0.449 e. The van der Waals surface area contributed by atoms with E-state index in [-0.39, 0.29) is 0 Å². The first-order valence-corrected chi connectivity index (χ1v) is 12.4. The molecule has 0 aliphatic carbocycles. The molecule has 5 aromatic rings. The molecule has 1 amide bonds. The lowest BCUT2D eigenvalue weighted by molar-refractivity contribution is -0.123. The molecule has 0 bridgehead atoms. The summed E-state index contributed by atoms with van der Waals surface area (Å²) in [5.74, 6) is -0.339. The highest BCUT2D eigenvalue weighted by atomic mass is 79.9. The largest absolute Gasteiger partial charge is 0.449 e. The third-order valence-electron chi connectivity index (χ3n) is 5.29. The molecule has 35 heavy (non-hydrogen) atoms. The number of hydrogen-bond acceptors (Lipinski definition) is 6. The maximum Gasteiger partial charge on any atom is 0.338 e. The zero-order valence-corrected chi connectivity index (χ0v) is 20.9. The Bertz CT molecular complexity index is 1510. The van der Waals surface area contributed by atoms with E-state index >= 15 is 0 Å². The van der Waals surface area contributed by atoms with Crippen LogP contribution >= 0.6 is 27.3 Å². The first-order valence-electron chi connectivity index (χ1n) is 10.7. The molecule has 0 radical (unpaired) electrons. The van der Waals surface area contributed by atoms with E-state index in [2.05, 4.69) is 36.2 Å². The topological polar surface area (TPSA) is 97.0 Å². The smallest absolute Gasteiger partial charge is 0.338 e. The summed E-state index contributed by atoms with van der Waals surface area (Å²) in [6.07, 6.45) is -1.00. The Kier molecular flexibility index (Phi) is 6.43. The van der Waals surface area contributed by atoms with Crippen molar-refractivity contribution in [2.75, 3.05) is 5.32 Å². The molecule has 3 aromatic carbocycles. The summed E-state index contributed by atoms with van der Waals surface area (Å²) >= 11 is 4.71. The lowest BCUT2D eigenvalue weighted by Crippen LogP contribution is -2.29. The molecule has 2 N–H and O–H groups in total. The first-order chi connectivity index (χ1) is 17.0. The number of nitrogens with one attached hydrogen (secondary N) is 2. The second-order valence-electron chi connectivity index (χ2n) is 7.76. The first kappa shape index (κ1) is 22.9. The van der Waals surface area contributed by atoms with Gasteiger partial charge in [-0.3, -0.25) is 10.1 Å². The number of anilines is 1. The van der Waals surface area contributed by atoms with Gasteiger partial charge in [0.05, 0.1) is 22.3 Å². The molecular weight excluding hydrogens is 528 g/mol. The molecule has 174 valence electrons. The normalized spacial score (nSPS) is 11.8. The van der Waals surface area contributed by atoms with Crippen LogP contribution in [0.4, 0.5) is 5.13 Å². The van der Waals surface area contributed by atoms with Crippen LogP contribution in [0.3, 0.4) is 0 Å². The van der Waals surface area contributed by atoms with Gasteiger partial charge in [-0.2, -0.15) is 0 Å². The molecule has 0 saturated carbocycles. The number of aromatic amines is 1. The van der Waals surface area contributed by atoms with Crippen LogP contribution in [-0.4, -0.2) is 32.9 Å². The Hall–Kier alpha value is -3.82. The number of esters is 1. The number of thiazole rings is 1. The summed E-state index contributed by atoms with van der Waals surface area (Å²) in [6.45, 7) is 1.53.